The number of hydrogen-bond acceptors (Lipinski definition) is 6. The minimum atomic E-state index is -3.35. The minimum absolute atomic E-state index is 0.0545. The zero-order valence-electron chi connectivity index (χ0n) is 17.1. The summed E-state index contributed by atoms with van der Waals surface area (Å²) >= 11 is 1.37. The van der Waals surface area contributed by atoms with Gasteiger partial charge in [-0.1, -0.05) is 42.1 Å². The first-order valence-corrected chi connectivity index (χ1v) is 12.3. The molecule has 0 fully saturated rings. The van der Waals surface area contributed by atoms with Crippen molar-refractivity contribution < 1.29 is 13.2 Å². The van der Waals surface area contributed by atoms with Gasteiger partial charge in [-0.05, 0) is 43.7 Å². The quantitative estimate of drug-likeness (QED) is 0.400. The second-order valence-corrected chi connectivity index (χ2v) is 9.94. The topological polar surface area (TPSA) is 93.9 Å². The third-order valence-electron chi connectivity index (χ3n) is 4.44. The van der Waals surface area contributed by atoms with Gasteiger partial charge in [0.25, 0.3) is 0 Å². The largest absolute Gasteiger partial charge is 0.306 e. The standard InChI is InChI=1S/C21H24N4O3S2/c1-4-25-19(14-16-8-6-5-7-9-16)22-23-21(25)29-15(2)20(26)17-10-12-18(13-11-17)24-30(3,27)28/h5-13,15,24H,4,14H2,1-3H3. The number of benzene rings is 2. The van der Waals surface area contributed by atoms with Gasteiger partial charge in [-0.15, -0.1) is 10.2 Å². The highest BCUT2D eigenvalue weighted by Crippen LogP contribution is 2.26. The van der Waals surface area contributed by atoms with E-state index in [-0.39, 0.29) is 11.0 Å². The van der Waals surface area contributed by atoms with Crippen LogP contribution in [-0.2, 0) is 23.0 Å². The molecule has 0 saturated carbocycles. The van der Waals surface area contributed by atoms with Gasteiger partial charge in [0.2, 0.25) is 10.0 Å². The lowest BCUT2D eigenvalue weighted by Crippen LogP contribution is -2.15. The maximum absolute atomic E-state index is 12.8. The molecule has 1 N–H and O–H groups in total. The molecule has 0 bridgehead atoms. The molecule has 7 nitrogen and oxygen atoms in total. The van der Waals surface area contributed by atoms with Gasteiger partial charge in [-0.3, -0.25) is 9.52 Å². The molecule has 2 aromatic carbocycles. The third kappa shape index (κ3) is 5.70. The van der Waals surface area contributed by atoms with Crippen molar-refractivity contribution >= 4 is 33.3 Å². The maximum Gasteiger partial charge on any atom is 0.229 e. The van der Waals surface area contributed by atoms with E-state index in [0.29, 0.717) is 29.4 Å². The SMILES string of the molecule is CCn1c(Cc2ccccc2)nnc1SC(C)C(=O)c1ccc(NS(C)(=O)=O)cc1. The van der Waals surface area contributed by atoms with Crippen molar-refractivity contribution in [1.82, 2.24) is 14.8 Å². The predicted octanol–water partition coefficient (Wildman–Crippen LogP) is 3.62. The normalized spacial score (nSPS) is 12.5. The molecule has 0 spiro atoms. The number of anilines is 1. The van der Waals surface area contributed by atoms with E-state index in [1.54, 1.807) is 24.3 Å². The first kappa shape index (κ1) is 22.0. The number of hydrogen-bond donors (Lipinski definition) is 1. The fraction of sp³-hybridized carbons (Fsp3) is 0.286. The summed E-state index contributed by atoms with van der Waals surface area (Å²) in [6.45, 7) is 4.58. The Labute approximate surface area is 181 Å². The van der Waals surface area contributed by atoms with Crippen LogP contribution < -0.4 is 4.72 Å². The number of sulfonamides is 1. The summed E-state index contributed by atoms with van der Waals surface area (Å²) < 4.78 is 27.0. The summed E-state index contributed by atoms with van der Waals surface area (Å²) in [6.07, 6.45) is 1.76. The van der Waals surface area contributed by atoms with E-state index in [2.05, 4.69) is 27.1 Å². The molecule has 0 radical (unpaired) electrons. The summed E-state index contributed by atoms with van der Waals surface area (Å²) in [6, 6.07) is 16.5. The van der Waals surface area contributed by atoms with Crippen molar-refractivity contribution in [3.8, 4) is 0 Å². The maximum atomic E-state index is 12.8. The monoisotopic (exact) mass is 444 g/mol. The summed E-state index contributed by atoms with van der Waals surface area (Å²) in [5.74, 6) is 0.809. The Kier molecular flexibility index (Phi) is 6.94. The Balaban J connectivity index is 1.71. The Morgan fingerprint density at radius 3 is 2.37 bits per heavy atom. The first-order chi connectivity index (χ1) is 14.3. The average molecular weight is 445 g/mol. The lowest BCUT2D eigenvalue weighted by molar-refractivity contribution is 0.0994. The fourth-order valence-corrected chi connectivity index (χ4v) is 4.57. The summed E-state index contributed by atoms with van der Waals surface area (Å²) in [5, 5.41) is 8.97. The van der Waals surface area contributed by atoms with Crippen LogP contribution in [0.1, 0.15) is 35.6 Å². The van der Waals surface area contributed by atoms with Crippen LogP contribution in [0.3, 0.4) is 0 Å². The summed E-state index contributed by atoms with van der Waals surface area (Å²) in [4.78, 5) is 12.8. The number of thioether (sulfide) groups is 1. The van der Waals surface area contributed by atoms with Crippen molar-refractivity contribution in [2.45, 2.75) is 37.2 Å². The fourth-order valence-electron chi connectivity index (χ4n) is 3.00. The Morgan fingerprint density at radius 1 is 1.10 bits per heavy atom. The van der Waals surface area contributed by atoms with Gasteiger partial charge in [0, 0.05) is 24.2 Å². The van der Waals surface area contributed by atoms with Crippen LogP contribution in [0.25, 0.3) is 0 Å². The zero-order valence-corrected chi connectivity index (χ0v) is 18.7. The zero-order chi connectivity index (χ0) is 21.7. The summed E-state index contributed by atoms with van der Waals surface area (Å²) in [7, 11) is -3.35. The smallest absolute Gasteiger partial charge is 0.229 e. The molecule has 3 aromatic rings. The molecule has 0 aliphatic rings. The molecule has 158 valence electrons. The molecule has 1 aromatic heterocycles. The molecule has 0 aliphatic heterocycles. The van der Waals surface area contributed by atoms with Crippen molar-refractivity contribution in [1.29, 1.82) is 0 Å². The van der Waals surface area contributed by atoms with E-state index in [9.17, 15) is 13.2 Å². The predicted molar refractivity (Wildman–Crippen MR) is 120 cm³/mol. The molecule has 30 heavy (non-hydrogen) atoms. The number of carbonyl (C=O) groups is 1. The van der Waals surface area contributed by atoms with Gasteiger partial charge >= 0.3 is 0 Å². The number of carbonyl (C=O) groups excluding carboxylic acids is 1. The summed E-state index contributed by atoms with van der Waals surface area (Å²) in [5.41, 5.74) is 2.09. The van der Waals surface area contributed by atoms with Crippen LogP contribution in [0.4, 0.5) is 5.69 Å². The van der Waals surface area contributed by atoms with E-state index >= 15 is 0 Å². The number of nitrogens with zero attached hydrogens (tertiary/aromatic N) is 3. The lowest BCUT2D eigenvalue weighted by Gasteiger charge is -2.12. The molecular formula is C21H24N4O3S2. The molecule has 0 saturated heterocycles. The molecule has 1 atom stereocenters. The number of Topliss-reactive ketones (excluding diaryl/α,β-unsaturated/α-hetero) is 1. The van der Waals surface area contributed by atoms with Crippen LogP contribution >= 0.6 is 11.8 Å². The van der Waals surface area contributed by atoms with Gasteiger partial charge in [0.05, 0.1) is 11.5 Å². The van der Waals surface area contributed by atoms with E-state index < -0.39 is 10.0 Å². The lowest BCUT2D eigenvalue weighted by atomic mass is 10.1. The van der Waals surface area contributed by atoms with Crippen molar-refractivity contribution in [2.75, 3.05) is 11.0 Å². The van der Waals surface area contributed by atoms with E-state index in [4.69, 9.17) is 0 Å². The Morgan fingerprint density at radius 2 is 1.77 bits per heavy atom. The second-order valence-electron chi connectivity index (χ2n) is 6.88. The van der Waals surface area contributed by atoms with Gasteiger partial charge < -0.3 is 4.57 Å². The van der Waals surface area contributed by atoms with Crippen LogP contribution in [0.5, 0.6) is 0 Å². The number of ketones is 1. The van der Waals surface area contributed by atoms with Crippen molar-refractivity contribution in [2.24, 2.45) is 0 Å². The first-order valence-electron chi connectivity index (χ1n) is 9.51. The van der Waals surface area contributed by atoms with E-state index in [1.807, 2.05) is 36.6 Å². The molecule has 3 rings (SSSR count). The van der Waals surface area contributed by atoms with E-state index in [0.717, 1.165) is 17.6 Å². The highest BCUT2D eigenvalue weighted by molar-refractivity contribution is 8.00. The van der Waals surface area contributed by atoms with Crippen molar-refractivity contribution in [3.63, 3.8) is 0 Å². The van der Waals surface area contributed by atoms with Gasteiger partial charge in [-0.2, -0.15) is 0 Å². The van der Waals surface area contributed by atoms with Crippen LogP contribution in [0.15, 0.2) is 59.8 Å². The molecular weight excluding hydrogens is 420 g/mol. The van der Waals surface area contributed by atoms with Crippen LogP contribution in [0.2, 0.25) is 0 Å². The minimum Gasteiger partial charge on any atom is -0.306 e. The molecule has 9 heteroatoms. The highest BCUT2D eigenvalue weighted by atomic mass is 32.2. The van der Waals surface area contributed by atoms with Gasteiger partial charge in [0.1, 0.15) is 5.82 Å². The molecule has 0 aliphatic carbocycles. The van der Waals surface area contributed by atoms with Crippen LogP contribution in [-0.4, -0.2) is 40.5 Å². The Bertz CT molecular complexity index is 1110. The van der Waals surface area contributed by atoms with Crippen molar-refractivity contribution in [3.05, 3.63) is 71.5 Å². The third-order valence-corrected chi connectivity index (χ3v) is 6.13. The molecule has 0 amide bonds. The molecule has 1 unspecified atom stereocenters. The van der Waals surface area contributed by atoms with Crippen LogP contribution in [0, 0.1) is 0 Å². The van der Waals surface area contributed by atoms with Gasteiger partial charge in [0.15, 0.2) is 10.9 Å². The second kappa shape index (κ2) is 9.44. The van der Waals surface area contributed by atoms with E-state index in [1.165, 1.54) is 11.8 Å². The number of rotatable bonds is 9. The average Bonchev–Trinajstić information content (AvgIpc) is 3.08. The Hall–Kier alpha value is -2.65. The highest BCUT2D eigenvalue weighted by Gasteiger charge is 2.21. The van der Waals surface area contributed by atoms with Gasteiger partial charge in [-0.25, -0.2) is 8.42 Å². The molecule has 1 heterocycles. The number of aromatic nitrogens is 3. The number of nitrogens with one attached hydrogen (secondary N) is 1.